The number of rotatable bonds is 5. The Labute approximate surface area is 201 Å². The Hall–Kier alpha value is -5.04. The van der Waals surface area contributed by atoms with Gasteiger partial charge in [-0.25, -0.2) is 20.6 Å². The molecule has 0 unspecified atom stereocenters. The standard InChI is InChI=1S/C28H21N5O2/c34-27-23-18-10-11-19-24(23)29-26(22-16-8-3-9-17-22)33(27)32-28(35)31-30-25(20-12-4-1-5-13-20)21-14-6-2-7-15-21/h1-19H,(H2,31,32,35). The molecule has 0 aliphatic carbocycles. The van der Waals surface area contributed by atoms with Crippen LogP contribution < -0.4 is 16.4 Å². The van der Waals surface area contributed by atoms with E-state index in [1.807, 2.05) is 97.1 Å². The summed E-state index contributed by atoms with van der Waals surface area (Å²) in [6, 6.07) is 34.7. The molecule has 0 saturated heterocycles. The van der Waals surface area contributed by atoms with Gasteiger partial charge in [0.25, 0.3) is 5.56 Å². The summed E-state index contributed by atoms with van der Waals surface area (Å²) in [5, 5.41) is 4.77. The molecule has 170 valence electrons. The Morgan fingerprint density at radius 3 is 1.89 bits per heavy atom. The molecule has 0 aliphatic rings. The van der Waals surface area contributed by atoms with Crippen molar-refractivity contribution in [1.29, 1.82) is 0 Å². The number of fused-ring (bicyclic) bond motifs is 1. The SMILES string of the molecule is O=C(NN=C(c1ccccc1)c1ccccc1)Nn1c(-c2ccccc2)nc2ccccc2c1=O. The van der Waals surface area contributed by atoms with Crippen LogP contribution >= 0.6 is 0 Å². The van der Waals surface area contributed by atoms with Crippen LogP contribution in [0, 0.1) is 0 Å². The quantitative estimate of drug-likeness (QED) is 0.293. The number of para-hydroxylation sites is 1. The highest BCUT2D eigenvalue weighted by atomic mass is 16.2. The van der Waals surface area contributed by atoms with Gasteiger partial charge in [0.05, 0.1) is 16.6 Å². The topological polar surface area (TPSA) is 88.4 Å². The van der Waals surface area contributed by atoms with E-state index >= 15 is 0 Å². The minimum absolute atomic E-state index is 0.319. The highest BCUT2D eigenvalue weighted by Crippen LogP contribution is 2.18. The van der Waals surface area contributed by atoms with Crippen LogP contribution in [0.1, 0.15) is 11.1 Å². The number of amides is 2. The fraction of sp³-hybridized carbons (Fsp3) is 0. The fourth-order valence-corrected chi connectivity index (χ4v) is 3.74. The lowest BCUT2D eigenvalue weighted by Crippen LogP contribution is -2.39. The van der Waals surface area contributed by atoms with Crippen LogP contribution in [0.4, 0.5) is 4.79 Å². The summed E-state index contributed by atoms with van der Waals surface area (Å²) in [7, 11) is 0. The Kier molecular flexibility index (Phi) is 6.13. The summed E-state index contributed by atoms with van der Waals surface area (Å²) in [5.74, 6) is 0.319. The number of carbonyl (C=O) groups is 1. The number of hydrogen-bond acceptors (Lipinski definition) is 4. The zero-order chi connectivity index (χ0) is 24.0. The molecule has 0 saturated carbocycles. The summed E-state index contributed by atoms with van der Waals surface area (Å²) in [6.07, 6.45) is 0. The van der Waals surface area contributed by atoms with Crippen molar-refractivity contribution in [3.63, 3.8) is 0 Å². The lowest BCUT2D eigenvalue weighted by Gasteiger charge is -2.14. The molecule has 4 aromatic carbocycles. The monoisotopic (exact) mass is 459 g/mol. The predicted molar refractivity (Wildman–Crippen MR) is 138 cm³/mol. The fourth-order valence-electron chi connectivity index (χ4n) is 3.74. The van der Waals surface area contributed by atoms with E-state index in [1.165, 1.54) is 0 Å². The summed E-state index contributed by atoms with van der Waals surface area (Å²) in [4.78, 5) is 30.9. The second-order valence-electron chi connectivity index (χ2n) is 7.70. The smallest absolute Gasteiger partial charge is 0.267 e. The third-order valence-corrected chi connectivity index (χ3v) is 5.38. The molecule has 5 rings (SSSR count). The molecule has 1 heterocycles. The Bertz CT molecular complexity index is 1520. The van der Waals surface area contributed by atoms with E-state index in [0.29, 0.717) is 28.0 Å². The van der Waals surface area contributed by atoms with Crippen molar-refractivity contribution in [1.82, 2.24) is 15.1 Å². The number of nitrogens with zero attached hydrogens (tertiary/aromatic N) is 3. The molecule has 0 radical (unpaired) electrons. The van der Waals surface area contributed by atoms with Crippen LogP contribution in [-0.4, -0.2) is 21.4 Å². The number of hydrazone groups is 1. The number of aromatic nitrogens is 2. The molecule has 35 heavy (non-hydrogen) atoms. The molecule has 2 N–H and O–H groups in total. The minimum Gasteiger partial charge on any atom is -0.267 e. The van der Waals surface area contributed by atoms with Crippen molar-refractivity contribution in [3.8, 4) is 11.4 Å². The van der Waals surface area contributed by atoms with Crippen molar-refractivity contribution in [2.24, 2.45) is 5.10 Å². The first-order valence-corrected chi connectivity index (χ1v) is 11.0. The number of urea groups is 1. The van der Waals surface area contributed by atoms with E-state index in [1.54, 1.807) is 18.2 Å². The number of nitrogens with one attached hydrogen (secondary N) is 2. The maximum atomic E-state index is 13.3. The van der Waals surface area contributed by atoms with Crippen molar-refractivity contribution in [3.05, 3.63) is 137 Å². The Balaban J connectivity index is 1.51. The van der Waals surface area contributed by atoms with Crippen molar-refractivity contribution in [2.45, 2.75) is 0 Å². The second kappa shape index (κ2) is 9.84. The first-order chi connectivity index (χ1) is 17.2. The highest BCUT2D eigenvalue weighted by Gasteiger charge is 2.15. The molecule has 5 aromatic rings. The second-order valence-corrected chi connectivity index (χ2v) is 7.70. The zero-order valence-electron chi connectivity index (χ0n) is 18.6. The van der Waals surface area contributed by atoms with Gasteiger partial charge < -0.3 is 0 Å². The highest BCUT2D eigenvalue weighted by molar-refractivity contribution is 6.13. The minimum atomic E-state index is -0.675. The molecule has 0 aliphatic heterocycles. The largest absolute Gasteiger partial charge is 0.354 e. The van der Waals surface area contributed by atoms with Gasteiger partial charge in [-0.15, -0.1) is 0 Å². The van der Waals surface area contributed by atoms with Crippen LogP contribution in [0.15, 0.2) is 125 Å². The summed E-state index contributed by atoms with van der Waals surface area (Å²) >= 11 is 0. The summed E-state index contributed by atoms with van der Waals surface area (Å²) in [5.41, 5.74) is 8.26. The Morgan fingerprint density at radius 1 is 0.714 bits per heavy atom. The van der Waals surface area contributed by atoms with Gasteiger partial charge in [0.1, 0.15) is 0 Å². The first-order valence-electron chi connectivity index (χ1n) is 11.0. The average Bonchev–Trinajstić information content (AvgIpc) is 2.92. The van der Waals surface area contributed by atoms with E-state index in [0.717, 1.165) is 15.8 Å². The molecule has 7 nitrogen and oxygen atoms in total. The van der Waals surface area contributed by atoms with E-state index in [9.17, 15) is 9.59 Å². The Morgan fingerprint density at radius 2 is 1.26 bits per heavy atom. The molecule has 0 fully saturated rings. The molecule has 7 heteroatoms. The van der Waals surface area contributed by atoms with Crippen LogP contribution in [0.25, 0.3) is 22.3 Å². The predicted octanol–water partition coefficient (Wildman–Crippen LogP) is 4.77. The van der Waals surface area contributed by atoms with Crippen LogP contribution in [0.3, 0.4) is 0 Å². The third-order valence-electron chi connectivity index (χ3n) is 5.38. The maximum Gasteiger partial charge on any atom is 0.354 e. The van der Waals surface area contributed by atoms with E-state index in [2.05, 4.69) is 20.9 Å². The maximum absolute atomic E-state index is 13.3. The first kappa shape index (κ1) is 21.8. The van der Waals surface area contributed by atoms with Crippen molar-refractivity contribution in [2.75, 3.05) is 5.43 Å². The van der Waals surface area contributed by atoms with Gasteiger partial charge in [-0.3, -0.25) is 4.79 Å². The van der Waals surface area contributed by atoms with Gasteiger partial charge in [0, 0.05) is 16.7 Å². The van der Waals surface area contributed by atoms with Gasteiger partial charge in [0.2, 0.25) is 0 Å². The van der Waals surface area contributed by atoms with Gasteiger partial charge in [-0.2, -0.15) is 9.78 Å². The summed E-state index contributed by atoms with van der Waals surface area (Å²) < 4.78 is 1.15. The van der Waals surface area contributed by atoms with Gasteiger partial charge in [0.15, 0.2) is 5.82 Å². The van der Waals surface area contributed by atoms with Crippen LogP contribution in [-0.2, 0) is 0 Å². The van der Waals surface area contributed by atoms with Crippen LogP contribution in [0.5, 0.6) is 0 Å². The molecule has 1 aromatic heterocycles. The normalized spacial score (nSPS) is 10.5. The molecule has 0 atom stereocenters. The van der Waals surface area contributed by atoms with Gasteiger partial charge >= 0.3 is 6.03 Å². The van der Waals surface area contributed by atoms with E-state index in [-0.39, 0.29) is 5.56 Å². The third kappa shape index (κ3) is 4.69. The van der Waals surface area contributed by atoms with Gasteiger partial charge in [-0.05, 0) is 12.1 Å². The van der Waals surface area contributed by atoms with Crippen LogP contribution in [0.2, 0.25) is 0 Å². The lowest BCUT2D eigenvalue weighted by molar-refractivity contribution is 0.250. The summed E-state index contributed by atoms with van der Waals surface area (Å²) in [6.45, 7) is 0. The average molecular weight is 460 g/mol. The molecular weight excluding hydrogens is 438 g/mol. The number of carbonyl (C=O) groups excluding carboxylic acids is 1. The van der Waals surface area contributed by atoms with Crippen molar-refractivity contribution >= 4 is 22.6 Å². The molecule has 2 amide bonds. The lowest BCUT2D eigenvalue weighted by atomic mass is 10.0. The molecular formula is C28H21N5O2. The van der Waals surface area contributed by atoms with Crippen molar-refractivity contribution < 1.29 is 4.79 Å². The van der Waals surface area contributed by atoms with E-state index in [4.69, 9.17) is 0 Å². The van der Waals surface area contributed by atoms with E-state index < -0.39 is 6.03 Å². The molecule has 0 spiro atoms. The number of hydrogen-bond donors (Lipinski definition) is 2. The molecule has 0 bridgehead atoms. The number of benzene rings is 4. The van der Waals surface area contributed by atoms with Gasteiger partial charge in [-0.1, -0.05) is 103 Å². The zero-order valence-corrected chi connectivity index (χ0v) is 18.6.